The van der Waals surface area contributed by atoms with Crippen LogP contribution in [0.4, 0.5) is 0 Å². The fraction of sp³-hybridized carbons (Fsp3) is 0.200. The van der Waals surface area contributed by atoms with Crippen molar-refractivity contribution in [2.24, 2.45) is 7.05 Å². The van der Waals surface area contributed by atoms with Crippen LogP contribution in [0.5, 0.6) is 0 Å². The van der Waals surface area contributed by atoms with Crippen molar-refractivity contribution < 1.29 is 19.2 Å². The van der Waals surface area contributed by atoms with Gasteiger partial charge in [-0.05, 0) is 24.1 Å². The summed E-state index contributed by atoms with van der Waals surface area (Å²) in [5.41, 5.74) is 1.36. The van der Waals surface area contributed by atoms with E-state index >= 15 is 0 Å². The Morgan fingerprint density at radius 1 is 1.18 bits per heavy atom. The van der Waals surface area contributed by atoms with Crippen LogP contribution in [0, 0.1) is 0 Å². The van der Waals surface area contributed by atoms with Crippen molar-refractivity contribution in [3.05, 3.63) is 53.3 Å². The molecule has 0 bridgehead atoms. The third-order valence-electron chi connectivity index (χ3n) is 3.33. The molecule has 2 aromatic rings. The molecule has 1 aromatic carbocycles. The van der Waals surface area contributed by atoms with Gasteiger partial charge >= 0.3 is 5.97 Å². The highest BCUT2D eigenvalue weighted by Crippen LogP contribution is 2.22. The molecule has 1 aliphatic heterocycles. The highest BCUT2D eigenvalue weighted by Gasteiger charge is 2.38. The van der Waals surface area contributed by atoms with Crippen molar-refractivity contribution in [1.82, 2.24) is 14.8 Å². The molecule has 7 heteroatoms. The Kier molecular flexibility index (Phi) is 3.46. The molecule has 2 heterocycles. The van der Waals surface area contributed by atoms with Crippen molar-refractivity contribution in [3.63, 3.8) is 0 Å². The van der Waals surface area contributed by atoms with Crippen molar-refractivity contribution >= 4 is 17.8 Å². The molecule has 0 saturated carbocycles. The topological polar surface area (TPSA) is 81.5 Å². The molecule has 1 aromatic heterocycles. The molecule has 3 rings (SSSR count). The molecule has 0 fully saturated rings. The number of hydrogen-bond acceptors (Lipinski definition) is 5. The van der Waals surface area contributed by atoms with E-state index in [2.05, 4.69) is 5.10 Å². The van der Waals surface area contributed by atoms with Gasteiger partial charge in [0.05, 0.1) is 23.7 Å². The van der Waals surface area contributed by atoms with Gasteiger partial charge in [-0.2, -0.15) is 5.10 Å². The van der Waals surface area contributed by atoms with Gasteiger partial charge in [0.2, 0.25) is 0 Å². The van der Waals surface area contributed by atoms with Crippen LogP contribution < -0.4 is 0 Å². The molecule has 0 unspecified atom stereocenters. The van der Waals surface area contributed by atoms with Crippen LogP contribution in [0.25, 0.3) is 0 Å². The number of fused-ring (bicyclic) bond motifs is 1. The van der Waals surface area contributed by atoms with Crippen LogP contribution in [0.2, 0.25) is 0 Å². The SMILES string of the molecule is Cn1cc(CCC(=O)ON2C(=O)c3ccccc3C2=O)cn1. The maximum atomic E-state index is 12.0. The second-order valence-corrected chi connectivity index (χ2v) is 4.94. The van der Waals surface area contributed by atoms with Crippen molar-refractivity contribution in [3.8, 4) is 0 Å². The lowest BCUT2D eigenvalue weighted by Gasteiger charge is -2.12. The van der Waals surface area contributed by atoms with Crippen LogP contribution in [-0.2, 0) is 23.1 Å². The monoisotopic (exact) mass is 299 g/mol. The predicted octanol–water partition coefficient (Wildman–Crippen LogP) is 1.11. The third-order valence-corrected chi connectivity index (χ3v) is 3.33. The summed E-state index contributed by atoms with van der Waals surface area (Å²) in [6.45, 7) is 0. The highest BCUT2D eigenvalue weighted by molar-refractivity contribution is 6.20. The first-order valence-electron chi connectivity index (χ1n) is 6.72. The van der Waals surface area contributed by atoms with Crippen LogP contribution in [0.15, 0.2) is 36.7 Å². The van der Waals surface area contributed by atoms with E-state index in [1.165, 1.54) is 12.1 Å². The van der Waals surface area contributed by atoms with E-state index in [-0.39, 0.29) is 17.5 Å². The number of benzene rings is 1. The number of hydrogen-bond donors (Lipinski definition) is 0. The molecule has 0 radical (unpaired) electrons. The van der Waals surface area contributed by atoms with Gasteiger partial charge in [-0.1, -0.05) is 17.2 Å². The summed E-state index contributed by atoms with van der Waals surface area (Å²) in [7, 11) is 1.78. The van der Waals surface area contributed by atoms with E-state index in [0.717, 1.165) is 5.56 Å². The molecule has 7 nitrogen and oxygen atoms in total. The molecule has 112 valence electrons. The summed E-state index contributed by atoms with van der Waals surface area (Å²) >= 11 is 0. The number of nitrogens with zero attached hydrogens (tertiary/aromatic N) is 3. The van der Waals surface area contributed by atoms with Gasteiger partial charge < -0.3 is 4.84 Å². The van der Waals surface area contributed by atoms with E-state index < -0.39 is 17.8 Å². The number of imide groups is 1. The van der Waals surface area contributed by atoms with Gasteiger partial charge in [-0.25, -0.2) is 4.79 Å². The number of aromatic nitrogens is 2. The molecule has 0 N–H and O–H groups in total. The van der Waals surface area contributed by atoms with Crippen molar-refractivity contribution in [1.29, 1.82) is 0 Å². The van der Waals surface area contributed by atoms with E-state index in [4.69, 9.17) is 4.84 Å². The molecule has 2 amide bonds. The predicted molar refractivity (Wildman–Crippen MR) is 74.6 cm³/mol. The molecule has 22 heavy (non-hydrogen) atoms. The number of aryl methyl sites for hydroxylation is 2. The molecule has 0 spiro atoms. The zero-order chi connectivity index (χ0) is 15.7. The van der Waals surface area contributed by atoms with E-state index in [1.807, 2.05) is 0 Å². The largest absolute Gasteiger partial charge is 0.333 e. The number of carbonyl (C=O) groups excluding carboxylic acids is 3. The second-order valence-electron chi connectivity index (χ2n) is 4.94. The van der Waals surface area contributed by atoms with Gasteiger partial charge in [0, 0.05) is 13.2 Å². The van der Waals surface area contributed by atoms with Gasteiger partial charge in [0.25, 0.3) is 11.8 Å². The third kappa shape index (κ3) is 2.48. The Hall–Kier alpha value is -2.96. The van der Waals surface area contributed by atoms with Crippen molar-refractivity contribution in [2.45, 2.75) is 12.8 Å². The summed E-state index contributed by atoms with van der Waals surface area (Å²) in [6.07, 6.45) is 3.92. The fourth-order valence-electron chi connectivity index (χ4n) is 2.24. The molecular formula is C15H13N3O4. The standard InChI is InChI=1S/C15H13N3O4/c1-17-9-10(8-16-17)6-7-13(19)22-18-14(20)11-4-2-3-5-12(11)15(18)21/h2-5,8-9H,6-7H2,1H3. The lowest BCUT2D eigenvalue weighted by Crippen LogP contribution is -2.32. The maximum Gasteiger partial charge on any atom is 0.333 e. The Morgan fingerprint density at radius 3 is 2.36 bits per heavy atom. The van der Waals surface area contributed by atoms with Crippen LogP contribution in [0.1, 0.15) is 32.7 Å². The maximum absolute atomic E-state index is 12.0. The van der Waals surface area contributed by atoms with Crippen LogP contribution in [-0.4, -0.2) is 32.6 Å². The molecule has 1 aliphatic rings. The van der Waals surface area contributed by atoms with Gasteiger partial charge in [-0.3, -0.25) is 14.3 Å². The lowest BCUT2D eigenvalue weighted by molar-refractivity contribution is -0.168. The smallest absolute Gasteiger partial charge is 0.330 e. The molecule has 0 aliphatic carbocycles. The van der Waals surface area contributed by atoms with E-state index in [1.54, 1.807) is 36.3 Å². The number of hydroxylamine groups is 2. The summed E-state index contributed by atoms with van der Waals surface area (Å²) in [6, 6.07) is 6.35. The summed E-state index contributed by atoms with van der Waals surface area (Å²) in [5, 5.41) is 4.52. The molecular weight excluding hydrogens is 286 g/mol. The summed E-state index contributed by atoms with van der Waals surface area (Å²) in [4.78, 5) is 40.8. The Bertz CT molecular complexity index is 731. The van der Waals surface area contributed by atoms with Gasteiger partial charge in [0.15, 0.2) is 0 Å². The average molecular weight is 299 g/mol. The first-order valence-corrected chi connectivity index (χ1v) is 6.72. The first kappa shape index (κ1) is 14.0. The zero-order valence-corrected chi connectivity index (χ0v) is 11.9. The summed E-state index contributed by atoms with van der Waals surface area (Å²) < 4.78 is 1.63. The number of amides is 2. The highest BCUT2D eigenvalue weighted by atomic mass is 16.7. The van der Waals surface area contributed by atoms with Crippen LogP contribution >= 0.6 is 0 Å². The Morgan fingerprint density at radius 2 is 1.82 bits per heavy atom. The molecule has 0 atom stereocenters. The van der Waals surface area contributed by atoms with Crippen molar-refractivity contribution in [2.75, 3.05) is 0 Å². The van der Waals surface area contributed by atoms with E-state index in [9.17, 15) is 14.4 Å². The zero-order valence-electron chi connectivity index (χ0n) is 11.9. The fourth-order valence-corrected chi connectivity index (χ4v) is 2.24. The molecule has 0 saturated heterocycles. The minimum Gasteiger partial charge on any atom is -0.330 e. The van der Waals surface area contributed by atoms with Gasteiger partial charge in [-0.15, -0.1) is 0 Å². The lowest BCUT2D eigenvalue weighted by atomic mass is 10.1. The average Bonchev–Trinajstić information content (AvgIpc) is 3.03. The normalized spacial score (nSPS) is 13.4. The summed E-state index contributed by atoms with van der Waals surface area (Å²) in [5.74, 6) is -1.87. The minimum absolute atomic E-state index is 0.0547. The van der Waals surface area contributed by atoms with Crippen LogP contribution in [0.3, 0.4) is 0 Å². The number of carbonyl (C=O) groups is 3. The Labute approximate surface area is 126 Å². The first-order chi connectivity index (χ1) is 10.6. The minimum atomic E-state index is -0.640. The second kappa shape index (κ2) is 5.44. The quantitative estimate of drug-likeness (QED) is 0.790. The van der Waals surface area contributed by atoms with E-state index in [0.29, 0.717) is 11.5 Å². The number of rotatable bonds is 4. The Balaban J connectivity index is 1.63. The van der Waals surface area contributed by atoms with Gasteiger partial charge in [0.1, 0.15) is 0 Å².